The third-order valence-electron chi connectivity index (χ3n) is 4.54. The summed E-state index contributed by atoms with van der Waals surface area (Å²) in [6.07, 6.45) is 22.2. The molecule has 0 aliphatic carbocycles. The lowest BCUT2D eigenvalue weighted by Gasteiger charge is -2.15. The molecule has 0 saturated carbocycles. The van der Waals surface area contributed by atoms with Gasteiger partial charge < -0.3 is 10.6 Å². The average Bonchev–Trinajstić information content (AvgIpc) is 2.58. The summed E-state index contributed by atoms with van der Waals surface area (Å²) >= 11 is 0. The molecule has 0 aromatic heterocycles. The first-order chi connectivity index (χ1) is 11.7. The molecule has 0 radical (unpaired) electrons. The number of hydrogen-bond donors (Lipinski definition) is 1. The van der Waals surface area contributed by atoms with Crippen molar-refractivity contribution in [1.82, 2.24) is 4.90 Å². The predicted octanol–water partition coefficient (Wildman–Crippen LogP) is 5.44. The number of unbranched alkanes of at least 4 members (excludes halogenated alkanes) is 11. The second kappa shape index (κ2) is 18.5. The third-order valence-corrected chi connectivity index (χ3v) is 4.54. The van der Waals surface area contributed by atoms with Gasteiger partial charge in [-0.25, -0.2) is 0 Å². The van der Waals surface area contributed by atoms with E-state index in [-0.39, 0.29) is 5.91 Å². The number of nitrogens with two attached hydrogens (primary N) is 1. The average molecular weight is 339 g/mol. The number of rotatable bonds is 17. The van der Waals surface area contributed by atoms with E-state index in [0.29, 0.717) is 19.5 Å². The lowest BCUT2D eigenvalue weighted by atomic mass is 10.1. The van der Waals surface area contributed by atoms with Gasteiger partial charge in [0.15, 0.2) is 0 Å². The Bertz CT molecular complexity index is 302. The normalized spacial score (nSPS) is 11.3. The Morgan fingerprint density at radius 2 is 1.33 bits per heavy atom. The third kappa shape index (κ3) is 16.0. The number of amides is 1. The second-order valence-corrected chi connectivity index (χ2v) is 6.94. The van der Waals surface area contributed by atoms with Crippen LogP contribution in [0.3, 0.4) is 0 Å². The van der Waals surface area contributed by atoms with Gasteiger partial charge >= 0.3 is 0 Å². The van der Waals surface area contributed by atoms with Crippen LogP contribution in [0.2, 0.25) is 0 Å². The molecule has 3 heteroatoms. The van der Waals surface area contributed by atoms with E-state index in [1.165, 1.54) is 77.0 Å². The van der Waals surface area contributed by atoms with E-state index in [0.717, 1.165) is 6.42 Å². The van der Waals surface area contributed by atoms with E-state index in [1.54, 1.807) is 4.90 Å². The Labute approximate surface area is 151 Å². The van der Waals surface area contributed by atoms with Crippen LogP contribution in [0.4, 0.5) is 0 Å². The summed E-state index contributed by atoms with van der Waals surface area (Å²) in [7, 11) is 1.84. The van der Waals surface area contributed by atoms with Crippen molar-refractivity contribution in [2.24, 2.45) is 5.73 Å². The Balaban J connectivity index is 3.24. The van der Waals surface area contributed by atoms with Crippen LogP contribution in [0, 0.1) is 0 Å². The molecule has 0 rings (SSSR count). The van der Waals surface area contributed by atoms with Crippen molar-refractivity contribution in [3.8, 4) is 0 Å². The van der Waals surface area contributed by atoms with Gasteiger partial charge in [0.25, 0.3) is 0 Å². The van der Waals surface area contributed by atoms with Gasteiger partial charge in [0.05, 0.1) is 0 Å². The highest BCUT2D eigenvalue weighted by atomic mass is 16.2. The van der Waals surface area contributed by atoms with E-state index in [1.807, 2.05) is 7.05 Å². The van der Waals surface area contributed by atoms with Gasteiger partial charge in [-0.1, -0.05) is 70.4 Å². The highest BCUT2D eigenvalue weighted by molar-refractivity contribution is 5.75. The number of allylic oxidation sites excluding steroid dienone is 2. The maximum absolute atomic E-state index is 11.7. The maximum Gasteiger partial charge on any atom is 0.222 e. The molecule has 24 heavy (non-hydrogen) atoms. The summed E-state index contributed by atoms with van der Waals surface area (Å²) in [4.78, 5) is 13.5. The van der Waals surface area contributed by atoms with Crippen molar-refractivity contribution in [2.45, 2.75) is 96.8 Å². The summed E-state index contributed by atoms with van der Waals surface area (Å²) in [6, 6.07) is 0. The first-order valence-corrected chi connectivity index (χ1v) is 10.3. The summed E-state index contributed by atoms with van der Waals surface area (Å²) in [5.74, 6) is 0.234. The fourth-order valence-corrected chi connectivity index (χ4v) is 2.86. The lowest BCUT2D eigenvalue weighted by molar-refractivity contribution is -0.129. The SMILES string of the molecule is CCCCCCCC/C=C\CCCCCCCC(=O)N(C)CCN. The van der Waals surface area contributed by atoms with Crippen molar-refractivity contribution in [2.75, 3.05) is 20.1 Å². The quantitative estimate of drug-likeness (QED) is 0.283. The van der Waals surface area contributed by atoms with Crippen molar-refractivity contribution in [3.63, 3.8) is 0 Å². The molecule has 2 N–H and O–H groups in total. The molecule has 0 unspecified atom stereocenters. The lowest BCUT2D eigenvalue weighted by Crippen LogP contribution is -2.31. The fourth-order valence-electron chi connectivity index (χ4n) is 2.86. The van der Waals surface area contributed by atoms with Crippen LogP contribution in [0.1, 0.15) is 96.8 Å². The molecular weight excluding hydrogens is 296 g/mol. The van der Waals surface area contributed by atoms with Gasteiger partial charge in [-0.2, -0.15) is 0 Å². The molecule has 0 aromatic rings. The zero-order chi connectivity index (χ0) is 17.9. The minimum Gasteiger partial charge on any atom is -0.344 e. The largest absolute Gasteiger partial charge is 0.344 e. The monoisotopic (exact) mass is 338 g/mol. The number of hydrogen-bond acceptors (Lipinski definition) is 2. The smallest absolute Gasteiger partial charge is 0.222 e. The Morgan fingerprint density at radius 3 is 1.88 bits per heavy atom. The van der Waals surface area contributed by atoms with Crippen molar-refractivity contribution in [3.05, 3.63) is 12.2 Å². The number of carbonyl (C=O) groups excluding carboxylic acids is 1. The van der Waals surface area contributed by atoms with E-state index in [9.17, 15) is 4.79 Å². The molecule has 0 bridgehead atoms. The van der Waals surface area contributed by atoms with Crippen LogP contribution >= 0.6 is 0 Å². The van der Waals surface area contributed by atoms with Gasteiger partial charge in [0.2, 0.25) is 5.91 Å². The van der Waals surface area contributed by atoms with Gasteiger partial charge in [-0.05, 0) is 32.1 Å². The molecule has 0 spiro atoms. The number of carbonyl (C=O) groups is 1. The van der Waals surface area contributed by atoms with Crippen LogP contribution in [-0.4, -0.2) is 30.9 Å². The Morgan fingerprint density at radius 1 is 0.833 bits per heavy atom. The first-order valence-electron chi connectivity index (χ1n) is 10.3. The van der Waals surface area contributed by atoms with Crippen LogP contribution in [0.15, 0.2) is 12.2 Å². The molecule has 0 atom stereocenters. The molecule has 0 aliphatic heterocycles. The number of likely N-dealkylation sites (N-methyl/N-ethyl adjacent to an activating group) is 1. The van der Waals surface area contributed by atoms with Crippen LogP contribution in [0.25, 0.3) is 0 Å². The predicted molar refractivity (Wildman–Crippen MR) is 106 cm³/mol. The molecule has 0 aliphatic rings. The fraction of sp³-hybridized carbons (Fsp3) is 0.857. The second-order valence-electron chi connectivity index (χ2n) is 6.94. The van der Waals surface area contributed by atoms with Crippen LogP contribution < -0.4 is 5.73 Å². The standard InChI is InChI=1S/C21H42N2O/c1-3-4-5-6-7-8-9-10-11-12-13-14-15-16-17-18-21(24)23(2)20-19-22/h10-11H,3-9,12-20,22H2,1-2H3/b11-10-. The van der Waals surface area contributed by atoms with Crippen LogP contribution in [-0.2, 0) is 4.79 Å². The highest BCUT2D eigenvalue weighted by Crippen LogP contribution is 2.10. The molecule has 142 valence electrons. The summed E-state index contributed by atoms with van der Waals surface area (Å²) in [6.45, 7) is 3.49. The molecule has 0 saturated heterocycles. The van der Waals surface area contributed by atoms with Gasteiger partial charge in [-0.15, -0.1) is 0 Å². The minimum atomic E-state index is 0.234. The molecule has 0 heterocycles. The Hall–Kier alpha value is -0.830. The summed E-state index contributed by atoms with van der Waals surface area (Å²) < 4.78 is 0. The molecule has 0 aromatic carbocycles. The van der Waals surface area contributed by atoms with E-state index >= 15 is 0 Å². The number of nitrogens with zero attached hydrogens (tertiary/aromatic N) is 1. The Kier molecular flexibility index (Phi) is 17.9. The molecule has 0 fully saturated rings. The zero-order valence-electron chi connectivity index (χ0n) is 16.4. The summed E-state index contributed by atoms with van der Waals surface area (Å²) in [5, 5.41) is 0. The summed E-state index contributed by atoms with van der Waals surface area (Å²) in [5.41, 5.74) is 5.45. The topological polar surface area (TPSA) is 46.3 Å². The zero-order valence-corrected chi connectivity index (χ0v) is 16.4. The highest BCUT2D eigenvalue weighted by Gasteiger charge is 2.06. The van der Waals surface area contributed by atoms with Crippen molar-refractivity contribution < 1.29 is 4.79 Å². The molecular formula is C21H42N2O. The molecule has 1 amide bonds. The minimum absolute atomic E-state index is 0.234. The maximum atomic E-state index is 11.7. The van der Waals surface area contributed by atoms with Gasteiger partial charge in [0, 0.05) is 26.6 Å². The van der Waals surface area contributed by atoms with Crippen molar-refractivity contribution >= 4 is 5.91 Å². The van der Waals surface area contributed by atoms with Crippen molar-refractivity contribution in [1.29, 1.82) is 0 Å². The first kappa shape index (κ1) is 23.2. The van der Waals surface area contributed by atoms with E-state index in [2.05, 4.69) is 19.1 Å². The van der Waals surface area contributed by atoms with Gasteiger partial charge in [-0.3, -0.25) is 4.79 Å². The van der Waals surface area contributed by atoms with Gasteiger partial charge in [0.1, 0.15) is 0 Å². The van der Waals surface area contributed by atoms with E-state index in [4.69, 9.17) is 5.73 Å². The van der Waals surface area contributed by atoms with E-state index < -0.39 is 0 Å². The molecule has 3 nitrogen and oxygen atoms in total. The van der Waals surface area contributed by atoms with Crippen LogP contribution in [0.5, 0.6) is 0 Å².